The van der Waals surface area contributed by atoms with E-state index in [0.29, 0.717) is 11.7 Å². The van der Waals surface area contributed by atoms with Gasteiger partial charge in [-0.25, -0.2) is 0 Å². The monoisotopic (exact) mass is 242 g/mol. The molecule has 92 valence electrons. The standard InChI is InChI=1S/C14H14N2O2/c1-9(2)12-6-10(4-5-13(12)17-3)14-7-11(8-15)16-18-14/h4-7,9H,1-3H3. The van der Waals surface area contributed by atoms with Crippen molar-refractivity contribution < 1.29 is 9.26 Å². The Labute approximate surface area is 106 Å². The van der Waals surface area contributed by atoms with Crippen LogP contribution in [0.4, 0.5) is 0 Å². The molecule has 18 heavy (non-hydrogen) atoms. The van der Waals surface area contributed by atoms with Crippen LogP contribution in [0.15, 0.2) is 28.8 Å². The topological polar surface area (TPSA) is 59.0 Å². The van der Waals surface area contributed by atoms with E-state index in [9.17, 15) is 0 Å². The molecule has 0 saturated heterocycles. The van der Waals surface area contributed by atoms with Gasteiger partial charge in [0, 0.05) is 11.6 Å². The Balaban J connectivity index is 2.46. The molecule has 0 atom stereocenters. The molecule has 0 bridgehead atoms. The Hall–Kier alpha value is -2.28. The number of nitriles is 1. The van der Waals surface area contributed by atoms with Gasteiger partial charge in [-0.2, -0.15) is 5.26 Å². The molecule has 0 aliphatic carbocycles. The minimum Gasteiger partial charge on any atom is -0.496 e. The van der Waals surface area contributed by atoms with Gasteiger partial charge in [-0.15, -0.1) is 0 Å². The lowest BCUT2D eigenvalue weighted by Gasteiger charge is -2.12. The number of ether oxygens (including phenoxy) is 1. The third-order valence-corrected chi connectivity index (χ3v) is 2.76. The molecule has 1 heterocycles. The number of methoxy groups -OCH3 is 1. The minimum atomic E-state index is 0.284. The van der Waals surface area contributed by atoms with E-state index in [1.807, 2.05) is 24.3 Å². The molecule has 0 amide bonds. The van der Waals surface area contributed by atoms with E-state index in [0.717, 1.165) is 16.9 Å². The van der Waals surface area contributed by atoms with Crippen molar-refractivity contribution in [2.45, 2.75) is 19.8 Å². The fraction of sp³-hybridized carbons (Fsp3) is 0.286. The molecule has 2 aromatic rings. The van der Waals surface area contributed by atoms with Crippen molar-refractivity contribution >= 4 is 0 Å². The van der Waals surface area contributed by atoms with Crippen LogP contribution in [0.1, 0.15) is 31.0 Å². The van der Waals surface area contributed by atoms with Crippen LogP contribution in [-0.2, 0) is 0 Å². The molecule has 4 nitrogen and oxygen atoms in total. The molecule has 0 radical (unpaired) electrons. The number of hydrogen-bond donors (Lipinski definition) is 0. The predicted octanol–water partition coefficient (Wildman–Crippen LogP) is 3.35. The summed E-state index contributed by atoms with van der Waals surface area (Å²) in [5, 5.41) is 12.4. The molecule has 0 N–H and O–H groups in total. The van der Waals surface area contributed by atoms with Gasteiger partial charge in [0.15, 0.2) is 11.5 Å². The maximum Gasteiger partial charge on any atom is 0.184 e. The number of hydrogen-bond acceptors (Lipinski definition) is 4. The lowest BCUT2D eigenvalue weighted by atomic mass is 9.98. The Morgan fingerprint density at radius 3 is 2.67 bits per heavy atom. The molecule has 0 saturated carbocycles. The Morgan fingerprint density at radius 1 is 1.33 bits per heavy atom. The van der Waals surface area contributed by atoms with E-state index in [1.54, 1.807) is 13.2 Å². The molecule has 0 spiro atoms. The van der Waals surface area contributed by atoms with Crippen LogP contribution >= 0.6 is 0 Å². The average molecular weight is 242 g/mol. The smallest absolute Gasteiger partial charge is 0.184 e. The molecule has 1 aromatic heterocycles. The fourth-order valence-electron chi connectivity index (χ4n) is 1.80. The van der Waals surface area contributed by atoms with Crippen LogP contribution in [-0.4, -0.2) is 12.3 Å². The second-order valence-electron chi connectivity index (χ2n) is 4.30. The van der Waals surface area contributed by atoms with E-state index in [-0.39, 0.29) is 5.69 Å². The SMILES string of the molecule is COc1ccc(-c2cc(C#N)no2)cc1C(C)C. The van der Waals surface area contributed by atoms with Gasteiger partial charge in [-0.1, -0.05) is 19.0 Å². The largest absolute Gasteiger partial charge is 0.496 e. The van der Waals surface area contributed by atoms with Crippen LogP contribution in [0, 0.1) is 11.3 Å². The number of rotatable bonds is 3. The summed E-state index contributed by atoms with van der Waals surface area (Å²) in [5.41, 5.74) is 2.28. The van der Waals surface area contributed by atoms with Gasteiger partial charge >= 0.3 is 0 Å². The quantitative estimate of drug-likeness (QED) is 0.828. The minimum absolute atomic E-state index is 0.284. The van der Waals surface area contributed by atoms with Gasteiger partial charge in [0.2, 0.25) is 0 Å². The van der Waals surface area contributed by atoms with E-state index in [4.69, 9.17) is 14.5 Å². The molecular weight excluding hydrogens is 228 g/mol. The third kappa shape index (κ3) is 2.21. The normalized spacial score (nSPS) is 10.4. The zero-order chi connectivity index (χ0) is 13.1. The molecule has 0 fully saturated rings. The average Bonchev–Trinajstić information content (AvgIpc) is 2.86. The van der Waals surface area contributed by atoms with Crippen molar-refractivity contribution in [1.82, 2.24) is 5.16 Å². The van der Waals surface area contributed by atoms with E-state index in [1.165, 1.54) is 0 Å². The molecule has 0 aliphatic heterocycles. The molecule has 2 rings (SSSR count). The molecule has 1 aromatic carbocycles. The summed E-state index contributed by atoms with van der Waals surface area (Å²) in [5.74, 6) is 1.79. The first kappa shape index (κ1) is 12.2. The predicted molar refractivity (Wildman–Crippen MR) is 67.3 cm³/mol. The first-order chi connectivity index (χ1) is 8.65. The highest BCUT2D eigenvalue weighted by molar-refractivity contribution is 5.61. The van der Waals surface area contributed by atoms with E-state index < -0.39 is 0 Å². The van der Waals surface area contributed by atoms with Crippen molar-refractivity contribution in [2.24, 2.45) is 0 Å². The summed E-state index contributed by atoms with van der Waals surface area (Å²) in [7, 11) is 1.66. The zero-order valence-corrected chi connectivity index (χ0v) is 10.6. The van der Waals surface area contributed by atoms with E-state index in [2.05, 4.69) is 19.0 Å². The van der Waals surface area contributed by atoms with Gasteiger partial charge in [-0.05, 0) is 29.7 Å². The number of aromatic nitrogens is 1. The highest BCUT2D eigenvalue weighted by Crippen LogP contribution is 2.31. The summed E-state index contributed by atoms with van der Waals surface area (Å²) in [6.07, 6.45) is 0. The van der Waals surface area contributed by atoms with E-state index >= 15 is 0 Å². The number of nitrogens with zero attached hydrogens (tertiary/aromatic N) is 2. The lowest BCUT2D eigenvalue weighted by molar-refractivity contribution is 0.407. The number of benzene rings is 1. The summed E-state index contributed by atoms with van der Waals surface area (Å²) in [6.45, 7) is 4.20. The van der Waals surface area contributed by atoms with Crippen LogP contribution in [0.2, 0.25) is 0 Å². The third-order valence-electron chi connectivity index (χ3n) is 2.76. The summed E-state index contributed by atoms with van der Waals surface area (Å²) >= 11 is 0. The maximum absolute atomic E-state index is 8.73. The first-order valence-electron chi connectivity index (χ1n) is 5.71. The van der Waals surface area contributed by atoms with Crippen LogP contribution < -0.4 is 4.74 Å². The van der Waals surface area contributed by atoms with Gasteiger partial charge in [0.1, 0.15) is 11.8 Å². The summed E-state index contributed by atoms with van der Waals surface area (Å²) in [6, 6.07) is 9.38. The molecule has 0 unspecified atom stereocenters. The van der Waals surface area contributed by atoms with Crippen LogP contribution in [0.25, 0.3) is 11.3 Å². The second kappa shape index (κ2) is 4.92. The van der Waals surface area contributed by atoms with Gasteiger partial charge in [-0.3, -0.25) is 0 Å². The molecule has 0 aliphatic rings. The van der Waals surface area contributed by atoms with Crippen molar-refractivity contribution in [3.8, 4) is 23.1 Å². The molecular formula is C14H14N2O2. The Morgan fingerprint density at radius 2 is 2.11 bits per heavy atom. The lowest BCUT2D eigenvalue weighted by Crippen LogP contribution is -1.94. The van der Waals surface area contributed by atoms with Crippen molar-refractivity contribution in [1.29, 1.82) is 5.26 Å². The highest BCUT2D eigenvalue weighted by atomic mass is 16.5. The van der Waals surface area contributed by atoms with Gasteiger partial charge in [0.25, 0.3) is 0 Å². The van der Waals surface area contributed by atoms with Crippen molar-refractivity contribution in [2.75, 3.05) is 7.11 Å². The fourth-order valence-corrected chi connectivity index (χ4v) is 1.80. The van der Waals surface area contributed by atoms with Crippen LogP contribution in [0.5, 0.6) is 5.75 Å². The van der Waals surface area contributed by atoms with Gasteiger partial charge in [0.05, 0.1) is 7.11 Å². The zero-order valence-electron chi connectivity index (χ0n) is 10.6. The van der Waals surface area contributed by atoms with Crippen LogP contribution in [0.3, 0.4) is 0 Å². The summed E-state index contributed by atoms with van der Waals surface area (Å²) < 4.78 is 10.5. The highest BCUT2D eigenvalue weighted by Gasteiger charge is 2.12. The first-order valence-corrected chi connectivity index (χ1v) is 5.71. The van der Waals surface area contributed by atoms with Crippen molar-refractivity contribution in [3.63, 3.8) is 0 Å². The molecule has 4 heteroatoms. The second-order valence-corrected chi connectivity index (χ2v) is 4.30. The Kier molecular flexibility index (Phi) is 3.33. The maximum atomic E-state index is 8.73. The van der Waals surface area contributed by atoms with Crippen molar-refractivity contribution in [3.05, 3.63) is 35.5 Å². The summed E-state index contributed by atoms with van der Waals surface area (Å²) in [4.78, 5) is 0. The Bertz CT molecular complexity index is 594. The van der Waals surface area contributed by atoms with Gasteiger partial charge < -0.3 is 9.26 Å².